The van der Waals surface area contributed by atoms with Crippen molar-refractivity contribution in [2.75, 3.05) is 25.3 Å². The molecule has 0 aliphatic carbocycles. The molecule has 3 rings (SSSR count). The number of aromatic nitrogens is 1. The van der Waals surface area contributed by atoms with Crippen molar-refractivity contribution in [1.82, 2.24) is 4.98 Å². The summed E-state index contributed by atoms with van der Waals surface area (Å²) < 4.78 is 38.3. The molecule has 1 N–H and O–H groups in total. The number of thiazole rings is 1. The molecule has 1 unspecified atom stereocenters. The number of nitrogens with one attached hydrogen (secondary N) is 1. The number of halogens is 2. The van der Waals surface area contributed by atoms with Crippen molar-refractivity contribution in [2.24, 2.45) is 0 Å². The minimum absolute atomic E-state index is 0.0292. The van der Waals surface area contributed by atoms with Crippen molar-refractivity contribution >= 4 is 34.1 Å². The van der Waals surface area contributed by atoms with Crippen LogP contribution in [0.25, 0.3) is 11.3 Å². The van der Waals surface area contributed by atoms with Crippen LogP contribution in [0.2, 0.25) is 0 Å². The van der Waals surface area contributed by atoms with Gasteiger partial charge in [-0.25, -0.2) is 13.8 Å². The summed E-state index contributed by atoms with van der Waals surface area (Å²) in [6.45, 7) is 1.66. The van der Waals surface area contributed by atoms with E-state index >= 15 is 0 Å². The maximum Gasteiger partial charge on any atom is 0.236 e. The maximum absolute atomic E-state index is 13.9. The first-order valence-electron chi connectivity index (χ1n) is 8.96. The first-order chi connectivity index (χ1) is 14.4. The number of rotatable bonds is 8. The topological polar surface area (TPSA) is 60.5 Å². The number of thioether (sulfide) groups is 1. The summed E-state index contributed by atoms with van der Waals surface area (Å²) in [5, 5.41) is 4.45. The van der Waals surface area contributed by atoms with E-state index in [0.29, 0.717) is 22.3 Å². The SMILES string of the molecule is COc1ccc(-c2csc(NC(=O)CSC(C)c3c(F)cccc3F)n2)c(OC)c1. The molecule has 1 atom stereocenters. The van der Waals surface area contributed by atoms with Crippen molar-refractivity contribution in [3.05, 3.63) is 59.0 Å². The lowest BCUT2D eigenvalue weighted by Gasteiger charge is -2.13. The van der Waals surface area contributed by atoms with Crippen LogP contribution in [0.1, 0.15) is 17.7 Å². The lowest BCUT2D eigenvalue weighted by atomic mass is 10.1. The Morgan fingerprint density at radius 3 is 2.60 bits per heavy atom. The molecular formula is C21H20F2N2O3S2. The fraction of sp³-hybridized carbons (Fsp3) is 0.238. The van der Waals surface area contributed by atoms with Crippen LogP contribution in [-0.2, 0) is 4.79 Å². The molecule has 0 saturated carbocycles. The first-order valence-corrected chi connectivity index (χ1v) is 10.9. The van der Waals surface area contributed by atoms with E-state index in [-0.39, 0.29) is 17.2 Å². The van der Waals surface area contributed by atoms with Gasteiger partial charge in [0.05, 0.1) is 25.7 Å². The Kier molecular flexibility index (Phi) is 7.28. The number of amides is 1. The van der Waals surface area contributed by atoms with E-state index in [0.717, 1.165) is 17.3 Å². The highest BCUT2D eigenvalue weighted by atomic mass is 32.2. The van der Waals surface area contributed by atoms with Crippen LogP contribution in [0.15, 0.2) is 41.8 Å². The molecule has 0 saturated heterocycles. The van der Waals surface area contributed by atoms with Gasteiger partial charge in [0.15, 0.2) is 5.13 Å². The molecule has 158 valence electrons. The van der Waals surface area contributed by atoms with Gasteiger partial charge in [0, 0.05) is 27.8 Å². The summed E-state index contributed by atoms with van der Waals surface area (Å²) in [4.78, 5) is 16.7. The summed E-state index contributed by atoms with van der Waals surface area (Å²) in [6, 6.07) is 9.12. The van der Waals surface area contributed by atoms with Gasteiger partial charge in [-0.05, 0) is 31.2 Å². The summed E-state index contributed by atoms with van der Waals surface area (Å²) in [6.07, 6.45) is 0. The number of carbonyl (C=O) groups excluding carboxylic acids is 1. The van der Waals surface area contributed by atoms with Gasteiger partial charge in [-0.1, -0.05) is 6.07 Å². The molecule has 1 aromatic heterocycles. The minimum Gasteiger partial charge on any atom is -0.497 e. The molecule has 0 bridgehead atoms. The molecule has 3 aromatic rings. The third-order valence-electron chi connectivity index (χ3n) is 4.31. The van der Waals surface area contributed by atoms with Gasteiger partial charge in [0.1, 0.15) is 23.1 Å². The molecule has 9 heteroatoms. The van der Waals surface area contributed by atoms with Crippen LogP contribution >= 0.6 is 23.1 Å². The summed E-state index contributed by atoms with van der Waals surface area (Å²) >= 11 is 2.43. The zero-order valence-corrected chi connectivity index (χ0v) is 18.2. The largest absolute Gasteiger partial charge is 0.497 e. The second kappa shape index (κ2) is 9.90. The van der Waals surface area contributed by atoms with E-state index < -0.39 is 16.9 Å². The summed E-state index contributed by atoms with van der Waals surface area (Å²) in [7, 11) is 3.13. The zero-order chi connectivity index (χ0) is 21.7. The van der Waals surface area contributed by atoms with Crippen molar-refractivity contribution in [1.29, 1.82) is 0 Å². The highest BCUT2D eigenvalue weighted by Gasteiger charge is 2.18. The van der Waals surface area contributed by atoms with Crippen LogP contribution in [0.3, 0.4) is 0 Å². The average Bonchev–Trinajstić information content (AvgIpc) is 3.19. The molecular weight excluding hydrogens is 430 g/mol. The number of ether oxygens (including phenoxy) is 2. The second-order valence-electron chi connectivity index (χ2n) is 6.24. The van der Waals surface area contributed by atoms with Crippen LogP contribution in [0, 0.1) is 11.6 Å². The maximum atomic E-state index is 13.9. The highest BCUT2D eigenvalue weighted by Crippen LogP contribution is 2.35. The van der Waals surface area contributed by atoms with Gasteiger partial charge in [0.25, 0.3) is 0 Å². The first kappa shape index (κ1) is 22.0. The Morgan fingerprint density at radius 2 is 1.93 bits per heavy atom. The summed E-state index contributed by atoms with van der Waals surface area (Å²) in [5.74, 6) is -0.228. The van der Waals surface area contributed by atoms with E-state index in [4.69, 9.17) is 9.47 Å². The average molecular weight is 451 g/mol. The van der Waals surface area contributed by atoms with Gasteiger partial charge >= 0.3 is 0 Å². The third-order valence-corrected chi connectivity index (χ3v) is 6.23. The monoisotopic (exact) mass is 450 g/mol. The quantitative estimate of drug-likeness (QED) is 0.488. The van der Waals surface area contributed by atoms with Crippen molar-refractivity contribution < 1.29 is 23.0 Å². The molecule has 2 aromatic carbocycles. The highest BCUT2D eigenvalue weighted by molar-refractivity contribution is 8.00. The number of hydrogen-bond donors (Lipinski definition) is 1. The molecule has 0 radical (unpaired) electrons. The van der Waals surface area contributed by atoms with Gasteiger partial charge in [-0.15, -0.1) is 23.1 Å². The van der Waals surface area contributed by atoms with Gasteiger partial charge < -0.3 is 14.8 Å². The van der Waals surface area contributed by atoms with Crippen molar-refractivity contribution in [3.63, 3.8) is 0 Å². The standard InChI is InChI=1S/C21H20F2N2O3S2/c1-12(20-15(22)5-4-6-16(20)23)29-11-19(26)25-21-24-17(10-30-21)14-8-7-13(27-2)9-18(14)28-3/h4-10,12H,11H2,1-3H3,(H,24,25,26). The predicted molar refractivity (Wildman–Crippen MR) is 117 cm³/mol. The lowest BCUT2D eigenvalue weighted by Crippen LogP contribution is -2.15. The van der Waals surface area contributed by atoms with Gasteiger partial charge in [0.2, 0.25) is 5.91 Å². The third kappa shape index (κ3) is 5.09. The molecule has 30 heavy (non-hydrogen) atoms. The van der Waals surface area contributed by atoms with Gasteiger partial charge in [-0.2, -0.15) is 0 Å². The van der Waals surface area contributed by atoms with E-state index in [1.54, 1.807) is 33.3 Å². The number of benzene rings is 2. The Balaban J connectivity index is 1.63. The predicted octanol–water partition coefficient (Wildman–Crippen LogP) is 5.54. The summed E-state index contributed by atoms with van der Waals surface area (Å²) in [5.41, 5.74) is 1.40. The van der Waals surface area contributed by atoms with Crippen LogP contribution in [0.4, 0.5) is 13.9 Å². The number of hydrogen-bond acceptors (Lipinski definition) is 6. The van der Waals surface area contributed by atoms with Crippen molar-refractivity contribution in [3.8, 4) is 22.8 Å². The van der Waals surface area contributed by atoms with Crippen molar-refractivity contribution in [2.45, 2.75) is 12.2 Å². The Hall–Kier alpha value is -2.65. The molecule has 0 aliphatic heterocycles. The fourth-order valence-corrected chi connectivity index (χ4v) is 4.40. The van der Waals surface area contributed by atoms with Crippen LogP contribution in [-0.4, -0.2) is 30.9 Å². The Bertz CT molecular complexity index is 1020. The smallest absolute Gasteiger partial charge is 0.236 e. The molecule has 5 nitrogen and oxygen atoms in total. The van der Waals surface area contributed by atoms with E-state index in [9.17, 15) is 13.6 Å². The molecule has 0 fully saturated rings. The Morgan fingerprint density at radius 1 is 1.20 bits per heavy atom. The number of anilines is 1. The molecule has 0 spiro atoms. The number of carbonyl (C=O) groups is 1. The zero-order valence-electron chi connectivity index (χ0n) is 16.6. The van der Waals surface area contributed by atoms with Gasteiger partial charge in [-0.3, -0.25) is 4.79 Å². The number of nitrogens with zero attached hydrogens (tertiary/aromatic N) is 1. The van der Waals surface area contributed by atoms with E-state index in [1.807, 2.05) is 11.4 Å². The Labute approximate surface area is 181 Å². The molecule has 0 aliphatic rings. The van der Waals surface area contributed by atoms with Crippen LogP contribution in [0.5, 0.6) is 11.5 Å². The lowest BCUT2D eigenvalue weighted by molar-refractivity contribution is -0.113. The fourth-order valence-electron chi connectivity index (χ4n) is 2.80. The minimum atomic E-state index is -0.617. The van der Waals surface area contributed by atoms with E-state index in [2.05, 4.69) is 10.3 Å². The van der Waals surface area contributed by atoms with E-state index in [1.165, 1.54) is 29.5 Å². The molecule has 1 heterocycles. The number of methoxy groups -OCH3 is 2. The second-order valence-corrected chi connectivity index (χ2v) is 8.43. The normalized spacial score (nSPS) is 11.8. The van der Waals surface area contributed by atoms with Crippen LogP contribution < -0.4 is 14.8 Å². The molecule has 1 amide bonds.